The number of carbonyl (C=O) groups excluding carboxylic acids is 1. The molecule has 0 unspecified atom stereocenters. The Morgan fingerprint density at radius 1 is 1.00 bits per heavy atom. The monoisotopic (exact) mass is 452 g/mol. The van der Waals surface area contributed by atoms with Crippen molar-refractivity contribution in [3.05, 3.63) is 89.0 Å². The maximum atomic E-state index is 13.5. The van der Waals surface area contributed by atoms with Gasteiger partial charge in [-0.15, -0.1) is 0 Å². The molecule has 0 aliphatic carbocycles. The van der Waals surface area contributed by atoms with E-state index in [0.717, 1.165) is 16.7 Å². The first-order valence-electron chi connectivity index (χ1n) is 10.4. The summed E-state index contributed by atoms with van der Waals surface area (Å²) in [5, 5.41) is 2.88. The minimum Gasteiger partial charge on any atom is -0.495 e. The van der Waals surface area contributed by atoms with Gasteiger partial charge in [0.1, 0.15) is 10.6 Å². The second kappa shape index (κ2) is 9.97. The van der Waals surface area contributed by atoms with Gasteiger partial charge in [0.2, 0.25) is 10.0 Å². The molecular formula is C25H28N2O4S. The number of nitrogens with zero attached hydrogens (tertiary/aromatic N) is 1. The van der Waals surface area contributed by atoms with Crippen LogP contribution in [-0.2, 0) is 16.6 Å². The molecule has 0 aliphatic heterocycles. The summed E-state index contributed by atoms with van der Waals surface area (Å²) in [4.78, 5) is 12.9. The van der Waals surface area contributed by atoms with E-state index in [1.165, 1.54) is 23.5 Å². The molecule has 3 aromatic rings. The number of sulfonamides is 1. The Labute approximate surface area is 189 Å². The highest BCUT2D eigenvalue weighted by atomic mass is 32.2. The number of amides is 1. The first-order chi connectivity index (χ1) is 15.3. The zero-order valence-electron chi connectivity index (χ0n) is 18.8. The van der Waals surface area contributed by atoms with Crippen molar-refractivity contribution in [1.82, 2.24) is 4.31 Å². The number of benzene rings is 3. The second-order valence-corrected chi connectivity index (χ2v) is 9.46. The van der Waals surface area contributed by atoms with Gasteiger partial charge in [0.25, 0.3) is 5.91 Å². The lowest BCUT2D eigenvalue weighted by Gasteiger charge is -2.22. The van der Waals surface area contributed by atoms with Crippen molar-refractivity contribution in [1.29, 1.82) is 0 Å². The van der Waals surface area contributed by atoms with E-state index < -0.39 is 10.0 Å². The fraction of sp³-hybridized carbons (Fsp3) is 0.240. The van der Waals surface area contributed by atoms with Crippen LogP contribution in [0.5, 0.6) is 5.75 Å². The van der Waals surface area contributed by atoms with Crippen molar-refractivity contribution in [3.63, 3.8) is 0 Å². The minimum absolute atomic E-state index is 0.0357. The SMILES string of the molecule is CCN(Cc1ccccc1)S(=O)(=O)c1cc(C(=O)Nc2cc(C)ccc2C)ccc1OC. The van der Waals surface area contributed by atoms with Crippen LogP contribution in [-0.4, -0.2) is 32.3 Å². The fourth-order valence-electron chi connectivity index (χ4n) is 3.38. The number of carbonyl (C=O) groups is 1. The average molecular weight is 453 g/mol. The molecule has 168 valence electrons. The maximum Gasteiger partial charge on any atom is 0.255 e. The van der Waals surface area contributed by atoms with Gasteiger partial charge < -0.3 is 10.1 Å². The van der Waals surface area contributed by atoms with Gasteiger partial charge in [-0.25, -0.2) is 8.42 Å². The predicted molar refractivity (Wildman–Crippen MR) is 127 cm³/mol. The lowest BCUT2D eigenvalue weighted by molar-refractivity contribution is 0.102. The molecule has 0 saturated carbocycles. The van der Waals surface area contributed by atoms with E-state index in [2.05, 4.69) is 5.32 Å². The van der Waals surface area contributed by atoms with E-state index in [-0.39, 0.29) is 35.2 Å². The largest absolute Gasteiger partial charge is 0.495 e. The first kappa shape index (κ1) is 23.5. The average Bonchev–Trinajstić information content (AvgIpc) is 2.79. The van der Waals surface area contributed by atoms with Crippen LogP contribution < -0.4 is 10.1 Å². The van der Waals surface area contributed by atoms with Gasteiger partial charge in [0, 0.05) is 24.3 Å². The number of methoxy groups -OCH3 is 1. The smallest absolute Gasteiger partial charge is 0.255 e. The van der Waals surface area contributed by atoms with Gasteiger partial charge in [-0.3, -0.25) is 4.79 Å². The fourth-order valence-corrected chi connectivity index (χ4v) is 5.00. The molecule has 6 nitrogen and oxygen atoms in total. The zero-order chi connectivity index (χ0) is 23.3. The normalized spacial score (nSPS) is 11.4. The molecule has 1 N–H and O–H groups in total. The molecule has 0 aliphatic rings. The van der Waals surface area contributed by atoms with Crippen LogP contribution in [0.2, 0.25) is 0 Å². The Morgan fingerprint density at radius 3 is 2.38 bits per heavy atom. The van der Waals surface area contributed by atoms with Gasteiger partial charge in [-0.05, 0) is 54.8 Å². The molecule has 0 spiro atoms. The molecule has 32 heavy (non-hydrogen) atoms. The lowest BCUT2D eigenvalue weighted by atomic mass is 10.1. The standard InChI is InChI=1S/C25H28N2O4S/c1-5-27(17-20-9-7-6-8-10-20)32(29,30)24-16-21(13-14-23(24)31-4)25(28)26-22-15-18(2)11-12-19(22)3/h6-16H,5,17H2,1-4H3,(H,26,28). The van der Waals surface area contributed by atoms with E-state index in [1.807, 2.05) is 62.4 Å². The van der Waals surface area contributed by atoms with Crippen LogP contribution in [0.4, 0.5) is 5.69 Å². The maximum absolute atomic E-state index is 13.5. The third-order valence-corrected chi connectivity index (χ3v) is 7.18. The number of ether oxygens (including phenoxy) is 1. The first-order valence-corrected chi connectivity index (χ1v) is 11.8. The van der Waals surface area contributed by atoms with Crippen molar-refractivity contribution in [2.45, 2.75) is 32.2 Å². The summed E-state index contributed by atoms with van der Waals surface area (Å²) in [5.41, 5.74) is 3.74. The predicted octanol–water partition coefficient (Wildman–Crippen LogP) is 4.78. The van der Waals surface area contributed by atoms with Crippen LogP contribution in [0.15, 0.2) is 71.6 Å². The highest BCUT2D eigenvalue weighted by molar-refractivity contribution is 7.89. The van der Waals surface area contributed by atoms with Crippen molar-refractivity contribution in [2.24, 2.45) is 0 Å². The van der Waals surface area contributed by atoms with Crippen LogP contribution in [0.25, 0.3) is 0 Å². The summed E-state index contributed by atoms with van der Waals surface area (Å²) >= 11 is 0. The lowest BCUT2D eigenvalue weighted by Crippen LogP contribution is -2.31. The van der Waals surface area contributed by atoms with E-state index in [9.17, 15) is 13.2 Å². The quantitative estimate of drug-likeness (QED) is 0.534. The molecule has 0 radical (unpaired) electrons. The highest BCUT2D eigenvalue weighted by Crippen LogP contribution is 2.29. The molecule has 1 amide bonds. The summed E-state index contributed by atoms with van der Waals surface area (Å²) in [6, 6.07) is 19.6. The Bertz CT molecular complexity index is 1210. The number of nitrogens with one attached hydrogen (secondary N) is 1. The molecular weight excluding hydrogens is 424 g/mol. The third-order valence-electron chi connectivity index (χ3n) is 5.24. The molecule has 3 rings (SSSR count). The number of hydrogen-bond donors (Lipinski definition) is 1. The van der Waals surface area contributed by atoms with Crippen LogP contribution in [0.1, 0.15) is 34.0 Å². The summed E-state index contributed by atoms with van der Waals surface area (Å²) in [5.74, 6) is -0.191. The van der Waals surface area contributed by atoms with Crippen LogP contribution >= 0.6 is 0 Å². The Hall–Kier alpha value is -3.16. The van der Waals surface area contributed by atoms with E-state index in [1.54, 1.807) is 13.0 Å². The second-order valence-electron chi connectivity index (χ2n) is 7.55. The number of anilines is 1. The van der Waals surface area contributed by atoms with Gasteiger partial charge in [0.05, 0.1) is 7.11 Å². The molecule has 0 atom stereocenters. The van der Waals surface area contributed by atoms with Gasteiger partial charge in [-0.1, -0.05) is 49.4 Å². The van der Waals surface area contributed by atoms with Crippen molar-refractivity contribution >= 4 is 21.6 Å². The molecule has 3 aromatic carbocycles. The molecule has 0 fully saturated rings. The molecule has 0 aromatic heterocycles. The zero-order valence-corrected chi connectivity index (χ0v) is 19.6. The van der Waals surface area contributed by atoms with E-state index in [4.69, 9.17) is 4.74 Å². The Balaban J connectivity index is 1.95. The number of hydrogen-bond acceptors (Lipinski definition) is 4. The number of aryl methyl sites for hydroxylation is 2. The molecule has 7 heteroatoms. The number of rotatable bonds is 8. The summed E-state index contributed by atoms with van der Waals surface area (Å²) in [7, 11) is -2.49. The molecule has 0 saturated heterocycles. The van der Waals surface area contributed by atoms with Crippen LogP contribution in [0, 0.1) is 13.8 Å². The summed E-state index contributed by atoms with van der Waals surface area (Å²) in [6.07, 6.45) is 0. The molecule has 0 bridgehead atoms. The summed E-state index contributed by atoms with van der Waals surface area (Å²) < 4.78 is 33.7. The minimum atomic E-state index is -3.91. The van der Waals surface area contributed by atoms with Gasteiger partial charge in [0.15, 0.2) is 0 Å². The Morgan fingerprint density at radius 2 is 1.72 bits per heavy atom. The van der Waals surface area contributed by atoms with Crippen LogP contribution in [0.3, 0.4) is 0 Å². The van der Waals surface area contributed by atoms with Gasteiger partial charge in [-0.2, -0.15) is 4.31 Å². The van der Waals surface area contributed by atoms with Crippen molar-refractivity contribution in [2.75, 3.05) is 19.0 Å². The Kier molecular flexibility index (Phi) is 7.33. The van der Waals surface area contributed by atoms with Crippen molar-refractivity contribution < 1.29 is 17.9 Å². The van der Waals surface area contributed by atoms with Crippen molar-refractivity contribution in [3.8, 4) is 5.75 Å². The third kappa shape index (κ3) is 5.18. The van der Waals surface area contributed by atoms with E-state index >= 15 is 0 Å². The van der Waals surface area contributed by atoms with Gasteiger partial charge >= 0.3 is 0 Å². The summed E-state index contributed by atoms with van der Waals surface area (Å²) in [6.45, 7) is 6.13. The molecule has 0 heterocycles. The van der Waals surface area contributed by atoms with E-state index in [0.29, 0.717) is 5.69 Å². The highest BCUT2D eigenvalue weighted by Gasteiger charge is 2.28. The topological polar surface area (TPSA) is 75.7 Å².